The molecule has 0 bridgehead atoms. The number of aromatic nitrogens is 2. The van der Waals surface area contributed by atoms with Crippen LogP contribution in [0.25, 0.3) is 21.1 Å². The van der Waals surface area contributed by atoms with E-state index in [-0.39, 0.29) is 34.2 Å². The average Bonchev–Trinajstić information content (AvgIpc) is 4.07. The number of piperidine rings is 1. The number of esters is 1. The summed E-state index contributed by atoms with van der Waals surface area (Å²) < 4.78 is 72.2. The number of aromatic hydroxyl groups is 1. The number of likely N-dealkylation sites (tertiary alicyclic amines) is 1. The van der Waals surface area contributed by atoms with Crippen LogP contribution in [0.1, 0.15) is 59.1 Å². The van der Waals surface area contributed by atoms with Crippen LogP contribution in [-0.2, 0) is 37.8 Å². The Morgan fingerprint density at radius 1 is 0.868 bits per heavy atom. The van der Waals surface area contributed by atoms with Gasteiger partial charge in [-0.15, -0.1) is 22.7 Å². The molecule has 24 heteroatoms. The monoisotopic (exact) mass is 1010 g/mol. The fourth-order valence-electron chi connectivity index (χ4n) is 8.07. The fourth-order valence-corrected chi connectivity index (χ4v) is 10.8. The highest BCUT2D eigenvalue weighted by Crippen LogP contribution is 2.51. The third kappa shape index (κ3) is 12.3. The van der Waals surface area contributed by atoms with Gasteiger partial charge < -0.3 is 45.5 Å². The molecular weight excluding hydrogens is 971 g/mol. The van der Waals surface area contributed by atoms with Gasteiger partial charge in [0.15, 0.2) is 0 Å². The van der Waals surface area contributed by atoms with E-state index in [0.717, 1.165) is 67.5 Å². The molecule has 1 aliphatic carbocycles. The molecule has 366 valence electrons. The summed E-state index contributed by atoms with van der Waals surface area (Å²) in [6.07, 6.45) is -6.61. The summed E-state index contributed by atoms with van der Waals surface area (Å²) in [5.74, 6) is -6.15. The largest absolute Gasteiger partial charge is 0.506 e. The second-order valence-electron chi connectivity index (χ2n) is 16.2. The molecule has 6 aromatic rings. The number of carbonyl (C=O) groups excluding carboxylic acids is 1. The number of aliphatic carboxylic acids is 2. The number of carboxylic acid groups (broad SMARTS) is 2. The predicted octanol–water partition coefficient (Wildman–Crippen LogP) is 6.94. The Balaban J connectivity index is 0.000000475. The van der Waals surface area contributed by atoms with E-state index < -0.39 is 42.0 Å². The van der Waals surface area contributed by atoms with Crippen molar-refractivity contribution in [3.8, 4) is 5.75 Å². The number of pyridine rings is 1. The van der Waals surface area contributed by atoms with E-state index in [1.165, 1.54) is 46.1 Å². The van der Waals surface area contributed by atoms with Crippen LogP contribution >= 0.6 is 34.0 Å². The lowest BCUT2D eigenvalue weighted by Crippen LogP contribution is -2.52. The lowest BCUT2D eigenvalue weighted by Gasteiger charge is -2.51. The Bertz CT molecular complexity index is 2750. The molecule has 1 saturated carbocycles. The zero-order valence-corrected chi connectivity index (χ0v) is 38.0. The van der Waals surface area contributed by atoms with Crippen LogP contribution in [0.3, 0.4) is 0 Å². The van der Waals surface area contributed by atoms with Gasteiger partial charge in [0.05, 0.1) is 31.6 Å². The first-order chi connectivity index (χ1) is 32.0. The third-order valence-electron chi connectivity index (χ3n) is 11.6. The molecule has 1 aliphatic heterocycles. The number of nitrogens with zero attached hydrogens (tertiary/aromatic N) is 2. The van der Waals surface area contributed by atoms with E-state index in [1.807, 2.05) is 45.7 Å². The molecule has 68 heavy (non-hydrogen) atoms. The van der Waals surface area contributed by atoms with Gasteiger partial charge in [0, 0.05) is 31.1 Å². The number of rotatable bonds is 13. The smallest absolute Gasteiger partial charge is 0.490 e. The maximum atomic E-state index is 13.4. The number of thiazole rings is 1. The molecule has 1 saturated heterocycles. The van der Waals surface area contributed by atoms with Crippen molar-refractivity contribution in [2.24, 2.45) is 5.41 Å². The molecule has 4 aromatic heterocycles. The van der Waals surface area contributed by atoms with Crippen LogP contribution in [0.15, 0.2) is 87.1 Å². The lowest BCUT2D eigenvalue weighted by molar-refractivity contribution is -0.193. The van der Waals surface area contributed by atoms with Gasteiger partial charge in [0.25, 0.3) is 0 Å². The molecule has 8 rings (SSSR count). The molecule has 0 radical (unpaired) electrons. The number of phenolic OH excluding ortho intramolecular Hbond substituents is 1. The number of aliphatic hydroxyl groups is 2. The molecule has 0 amide bonds. The zero-order chi connectivity index (χ0) is 49.6. The number of thiophene rings is 2. The summed E-state index contributed by atoms with van der Waals surface area (Å²) in [4.78, 5) is 62.2. The number of hydrogen-bond acceptors (Lipinski definition) is 14. The summed E-state index contributed by atoms with van der Waals surface area (Å²) in [5, 5.41) is 54.4. The van der Waals surface area contributed by atoms with Crippen molar-refractivity contribution >= 4 is 73.0 Å². The highest BCUT2D eigenvalue weighted by atomic mass is 32.1. The van der Waals surface area contributed by atoms with Crippen molar-refractivity contribution < 1.29 is 71.0 Å². The first-order valence-corrected chi connectivity index (χ1v) is 23.3. The fraction of sp³-hybridized carbons (Fsp3) is 0.386. The molecule has 15 nitrogen and oxygen atoms in total. The van der Waals surface area contributed by atoms with Gasteiger partial charge in [-0.25, -0.2) is 14.4 Å². The van der Waals surface area contributed by atoms with Gasteiger partial charge in [-0.05, 0) is 115 Å². The van der Waals surface area contributed by atoms with Crippen LogP contribution < -0.4 is 15.7 Å². The van der Waals surface area contributed by atoms with Crippen molar-refractivity contribution in [1.29, 1.82) is 0 Å². The molecule has 2 aliphatic rings. The summed E-state index contributed by atoms with van der Waals surface area (Å²) in [6, 6.07) is 19.3. The number of aliphatic hydroxyl groups excluding tert-OH is 1. The topological polar surface area (TPSA) is 232 Å². The van der Waals surface area contributed by atoms with E-state index in [0.29, 0.717) is 39.3 Å². The minimum atomic E-state index is -5.08. The number of fused-ring (bicyclic) bond motifs is 2. The second kappa shape index (κ2) is 21.3. The normalized spacial score (nSPS) is 15.8. The van der Waals surface area contributed by atoms with E-state index in [4.69, 9.17) is 24.5 Å². The number of nitrogens with one attached hydrogen (secondary N) is 2. The first-order valence-electron chi connectivity index (χ1n) is 20.7. The molecular formula is C44H44F6N4O11S3. The Labute approximate surface area is 393 Å². The molecule has 1 atom stereocenters. The molecule has 1 spiro atoms. The van der Waals surface area contributed by atoms with Crippen molar-refractivity contribution in [2.75, 3.05) is 26.2 Å². The van der Waals surface area contributed by atoms with Crippen molar-refractivity contribution in [1.82, 2.24) is 19.8 Å². The number of benzene rings is 2. The van der Waals surface area contributed by atoms with Gasteiger partial charge in [0.1, 0.15) is 11.9 Å². The van der Waals surface area contributed by atoms with Gasteiger partial charge >= 0.3 is 35.1 Å². The standard InChI is InChI=1S/C40H42N4O7S3.2C2HF3O2/c45-30-10-7-27(28-8-11-35(47)42-36(28)30)31(46)24-41-23-25-6-9-29-32(20-25)54-38(49)44(29)15-3-14-43-16-12-39(13-17-43)21-26(22-39)51-37(48)40(50,33-4-1-18-52-33)34-5-2-19-53-34;2*3-2(4,5)1(6)7/h1-2,4-11,18-20,26,31,41,45-46,50H,3,12-17,21-24H2,(H,42,47);2*(H,6,7)/t31-;;/m0../s1. The number of ether oxygens (including phenoxy) is 1. The quantitative estimate of drug-likeness (QED) is 0.0460. The number of carbonyl (C=O) groups is 3. The lowest BCUT2D eigenvalue weighted by atomic mass is 9.61. The minimum absolute atomic E-state index is 0.0282. The number of carboxylic acids is 2. The summed E-state index contributed by atoms with van der Waals surface area (Å²) in [7, 11) is 0. The number of alkyl halides is 6. The van der Waals surface area contributed by atoms with Crippen LogP contribution in [0.5, 0.6) is 5.75 Å². The summed E-state index contributed by atoms with van der Waals surface area (Å²) in [6.45, 7) is 4.26. The second-order valence-corrected chi connectivity index (χ2v) is 19.0. The summed E-state index contributed by atoms with van der Waals surface area (Å²) >= 11 is 3.95. The Kier molecular flexibility index (Phi) is 16.2. The first kappa shape index (κ1) is 51.8. The van der Waals surface area contributed by atoms with E-state index in [1.54, 1.807) is 24.3 Å². The highest BCUT2D eigenvalue weighted by Gasteiger charge is 2.51. The number of aryl methyl sites for hydroxylation is 1. The molecule has 0 unspecified atom stereocenters. The third-order valence-corrected chi connectivity index (χ3v) is 14.5. The Morgan fingerprint density at radius 3 is 2.03 bits per heavy atom. The van der Waals surface area contributed by atoms with Gasteiger partial charge in [-0.3, -0.25) is 14.2 Å². The van der Waals surface area contributed by atoms with Crippen LogP contribution in [0, 0.1) is 5.41 Å². The van der Waals surface area contributed by atoms with E-state index in [9.17, 15) is 56.0 Å². The predicted molar refractivity (Wildman–Crippen MR) is 240 cm³/mol. The maximum Gasteiger partial charge on any atom is 0.490 e. The van der Waals surface area contributed by atoms with E-state index >= 15 is 0 Å². The van der Waals surface area contributed by atoms with Crippen molar-refractivity contribution in [3.63, 3.8) is 0 Å². The highest BCUT2D eigenvalue weighted by molar-refractivity contribution is 7.16. The summed E-state index contributed by atoms with van der Waals surface area (Å²) in [5.41, 5.74) is 0.908. The average molecular weight is 1020 g/mol. The minimum Gasteiger partial charge on any atom is -0.506 e. The number of H-pyrrole nitrogens is 1. The van der Waals surface area contributed by atoms with Crippen LogP contribution in [0.2, 0.25) is 0 Å². The SMILES string of the molecule is O=C(O)C(F)(F)F.O=C(O)C(F)(F)F.O=C(OC1CC2(CCN(CCCn3c(=O)sc4cc(CNC[C@H](O)c5ccc(O)c6[nH]c(=O)ccc56)ccc43)CC2)C1)C(O)(c1cccs1)c1cccs1. The van der Waals surface area contributed by atoms with E-state index in [2.05, 4.69) is 15.2 Å². The van der Waals surface area contributed by atoms with Crippen LogP contribution in [0.4, 0.5) is 26.3 Å². The Hall–Kier alpha value is -5.63. The maximum absolute atomic E-state index is 13.4. The number of hydrogen-bond donors (Lipinski definition) is 7. The number of halogens is 6. The van der Waals surface area contributed by atoms with Crippen molar-refractivity contribution in [3.05, 3.63) is 118 Å². The van der Waals surface area contributed by atoms with Crippen molar-refractivity contribution in [2.45, 2.75) is 75.4 Å². The van der Waals surface area contributed by atoms with Gasteiger partial charge in [0.2, 0.25) is 11.2 Å². The molecule has 2 fully saturated rings. The Morgan fingerprint density at radius 2 is 1.47 bits per heavy atom. The molecule has 5 heterocycles. The number of aromatic amines is 1. The zero-order valence-electron chi connectivity index (χ0n) is 35.5. The molecule has 2 aromatic carbocycles. The van der Waals surface area contributed by atoms with Crippen LogP contribution in [-0.4, -0.2) is 103 Å². The van der Waals surface area contributed by atoms with Gasteiger partial charge in [-0.2, -0.15) is 26.3 Å². The van der Waals surface area contributed by atoms with Gasteiger partial charge in [-0.1, -0.05) is 35.6 Å². The number of phenols is 1. The molecule has 7 N–H and O–H groups in total.